The third-order valence-electron chi connectivity index (χ3n) is 2.71. The fourth-order valence-corrected chi connectivity index (χ4v) is 2.04. The molecule has 0 spiro atoms. The number of alkyl halides is 3. The van der Waals surface area contributed by atoms with Crippen LogP contribution in [0.15, 0.2) is 58.5 Å². The third kappa shape index (κ3) is 4.53. The van der Waals surface area contributed by atoms with Gasteiger partial charge in [0.2, 0.25) is 0 Å². The van der Waals surface area contributed by atoms with Crippen molar-refractivity contribution in [3.63, 3.8) is 0 Å². The molecule has 0 amide bonds. The second-order valence-electron chi connectivity index (χ2n) is 4.22. The second-order valence-corrected chi connectivity index (χ2v) is 5.10. The third-order valence-corrected chi connectivity index (χ3v) is 3.46. The molecule has 21 heavy (non-hydrogen) atoms. The minimum atomic E-state index is -4.35. The lowest BCUT2D eigenvalue weighted by Crippen LogP contribution is -2.05. The van der Waals surface area contributed by atoms with E-state index in [2.05, 4.69) is 10.5 Å². The van der Waals surface area contributed by atoms with Gasteiger partial charge in [-0.25, -0.2) is 0 Å². The second kappa shape index (κ2) is 6.67. The Kier molecular flexibility index (Phi) is 4.90. The first-order chi connectivity index (χ1) is 9.99. The SMILES string of the molecule is CSc1ccc(C=NNc2cccc(C(F)(F)F)c2)cc1. The van der Waals surface area contributed by atoms with Gasteiger partial charge in [0.05, 0.1) is 17.5 Å². The monoisotopic (exact) mass is 310 g/mol. The Morgan fingerprint density at radius 3 is 2.43 bits per heavy atom. The molecule has 0 bridgehead atoms. The van der Waals surface area contributed by atoms with E-state index in [0.29, 0.717) is 5.69 Å². The Morgan fingerprint density at radius 1 is 1.10 bits per heavy atom. The first-order valence-electron chi connectivity index (χ1n) is 6.09. The maximum atomic E-state index is 12.6. The van der Waals surface area contributed by atoms with Gasteiger partial charge in [0.15, 0.2) is 0 Å². The number of nitrogens with zero attached hydrogens (tertiary/aromatic N) is 1. The van der Waals surface area contributed by atoms with E-state index in [0.717, 1.165) is 22.6 Å². The van der Waals surface area contributed by atoms with Crippen LogP contribution >= 0.6 is 11.8 Å². The van der Waals surface area contributed by atoms with E-state index < -0.39 is 11.7 Å². The number of hydrogen-bond donors (Lipinski definition) is 1. The van der Waals surface area contributed by atoms with Crippen molar-refractivity contribution in [1.82, 2.24) is 0 Å². The summed E-state index contributed by atoms with van der Waals surface area (Å²) < 4.78 is 37.7. The molecule has 110 valence electrons. The molecular weight excluding hydrogens is 297 g/mol. The molecule has 2 nitrogen and oxygen atoms in total. The molecule has 0 heterocycles. The molecule has 0 aliphatic heterocycles. The molecule has 0 fully saturated rings. The summed E-state index contributed by atoms with van der Waals surface area (Å²) in [5.74, 6) is 0. The van der Waals surface area contributed by atoms with Crippen LogP contribution in [0.25, 0.3) is 0 Å². The van der Waals surface area contributed by atoms with Crippen molar-refractivity contribution in [3.05, 3.63) is 59.7 Å². The summed E-state index contributed by atoms with van der Waals surface area (Å²) in [6.07, 6.45) is -0.808. The highest BCUT2D eigenvalue weighted by Crippen LogP contribution is 2.30. The topological polar surface area (TPSA) is 24.4 Å². The first-order valence-corrected chi connectivity index (χ1v) is 7.32. The maximum Gasteiger partial charge on any atom is 0.416 e. The Balaban J connectivity index is 2.03. The quantitative estimate of drug-likeness (QED) is 0.495. The molecule has 0 aromatic heterocycles. The molecule has 2 aromatic rings. The van der Waals surface area contributed by atoms with E-state index in [-0.39, 0.29) is 0 Å². The molecule has 0 radical (unpaired) electrons. The number of rotatable bonds is 4. The number of benzene rings is 2. The summed E-state index contributed by atoms with van der Waals surface area (Å²) in [5, 5.41) is 3.94. The van der Waals surface area contributed by atoms with Gasteiger partial charge in [-0.1, -0.05) is 18.2 Å². The molecular formula is C15H13F3N2S. The molecule has 0 saturated carbocycles. The van der Waals surface area contributed by atoms with Gasteiger partial charge in [0.25, 0.3) is 0 Å². The lowest BCUT2D eigenvalue weighted by molar-refractivity contribution is -0.137. The summed E-state index contributed by atoms with van der Waals surface area (Å²) in [6, 6.07) is 12.6. The van der Waals surface area contributed by atoms with E-state index in [1.54, 1.807) is 18.0 Å². The van der Waals surface area contributed by atoms with Crippen molar-refractivity contribution in [2.75, 3.05) is 11.7 Å². The Morgan fingerprint density at radius 2 is 1.81 bits per heavy atom. The van der Waals surface area contributed by atoms with E-state index in [1.165, 1.54) is 12.1 Å². The number of hydrogen-bond acceptors (Lipinski definition) is 3. The highest BCUT2D eigenvalue weighted by molar-refractivity contribution is 7.98. The van der Waals surface area contributed by atoms with E-state index in [1.807, 2.05) is 30.5 Å². The highest BCUT2D eigenvalue weighted by atomic mass is 32.2. The van der Waals surface area contributed by atoms with Crippen molar-refractivity contribution in [1.29, 1.82) is 0 Å². The standard InChI is InChI=1S/C15H13F3N2S/c1-21-14-7-5-11(6-8-14)10-19-20-13-4-2-3-12(9-13)15(16,17)18/h2-10,20H,1H3. The van der Waals surface area contributed by atoms with Crippen LogP contribution in [0.2, 0.25) is 0 Å². The lowest BCUT2D eigenvalue weighted by atomic mass is 10.2. The number of thioether (sulfide) groups is 1. The number of hydrazone groups is 1. The predicted octanol–water partition coefficient (Wildman–Crippen LogP) is 4.87. The molecule has 0 aliphatic carbocycles. The predicted molar refractivity (Wildman–Crippen MR) is 80.9 cm³/mol. The Bertz CT molecular complexity index is 622. The van der Waals surface area contributed by atoms with Crippen molar-refractivity contribution < 1.29 is 13.2 Å². The highest BCUT2D eigenvalue weighted by Gasteiger charge is 2.30. The van der Waals surface area contributed by atoms with Crippen LogP contribution in [0, 0.1) is 0 Å². The van der Waals surface area contributed by atoms with Crippen LogP contribution in [-0.4, -0.2) is 12.5 Å². The summed E-state index contributed by atoms with van der Waals surface area (Å²) in [6.45, 7) is 0. The van der Waals surface area contributed by atoms with E-state index in [4.69, 9.17) is 0 Å². The number of nitrogens with one attached hydrogen (secondary N) is 1. The van der Waals surface area contributed by atoms with Crippen molar-refractivity contribution >= 4 is 23.7 Å². The lowest BCUT2D eigenvalue weighted by Gasteiger charge is -2.08. The molecule has 0 unspecified atom stereocenters. The molecule has 0 saturated heterocycles. The van der Waals surface area contributed by atoms with E-state index >= 15 is 0 Å². The molecule has 1 N–H and O–H groups in total. The minimum Gasteiger partial charge on any atom is -0.278 e. The Labute approximate surface area is 125 Å². The first kappa shape index (κ1) is 15.4. The summed E-state index contributed by atoms with van der Waals surface area (Å²) >= 11 is 1.64. The van der Waals surface area contributed by atoms with Gasteiger partial charge >= 0.3 is 6.18 Å². The zero-order valence-corrected chi connectivity index (χ0v) is 12.0. The van der Waals surface area contributed by atoms with Gasteiger partial charge in [0.1, 0.15) is 0 Å². The zero-order valence-electron chi connectivity index (χ0n) is 11.2. The zero-order chi connectivity index (χ0) is 15.3. The van der Waals surface area contributed by atoms with Gasteiger partial charge in [-0.3, -0.25) is 5.43 Å². The average molecular weight is 310 g/mol. The smallest absolute Gasteiger partial charge is 0.278 e. The molecule has 6 heteroatoms. The van der Waals surface area contributed by atoms with Crippen molar-refractivity contribution in [3.8, 4) is 0 Å². The molecule has 0 atom stereocenters. The van der Waals surface area contributed by atoms with Crippen molar-refractivity contribution in [2.45, 2.75) is 11.1 Å². The average Bonchev–Trinajstić information content (AvgIpc) is 2.47. The van der Waals surface area contributed by atoms with Crippen LogP contribution in [0.1, 0.15) is 11.1 Å². The van der Waals surface area contributed by atoms with Crippen LogP contribution in [0.4, 0.5) is 18.9 Å². The van der Waals surface area contributed by atoms with Crippen molar-refractivity contribution in [2.24, 2.45) is 5.10 Å². The van der Waals surface area contributed by atoms with Gasteiger partial charge in [0, 0.05) is 4.90 Å². The summed E-state index contributed by atoms with van der Waals surface area (Å²) in [4.78, 5) is 1.14. The molecule has 0 aliphatic rings. The molecule has 2 aromatic carbocycles. The van der Waals surface area contributed by atoms with Gasteiger partial charge in [-0.15, -0.1) is 11.8 Å². The maximum absolute atomic E-state index is 12.6. The minimum absolute atomic E-state index is 0.293. The summed E-state index contributed by atoms with van der Waals surface area (Å²) in [5.41, 5.74) is 3.06. The fourth-order valence-electron chi connectivity index (χ4n) is 1.64. The fraction of sp³-hybridized carbons (Fsp3) is 0.133. The normalized spacial score (nSPS) is 11.8. The van der Waals surface area contributed by atoms with Gasteiger partial charge < -0.3 is 0 Å². The van der Waals surface area contributed by atoms with E-state index in [9.17, 15) is 13.2 Å². The number of halogens is 3. The van der Waals surface area contributed by atoms with Crippen LogP contribution in [0.3, 0.4) is 0 Å². The number of anilines is 1. The largest absolute Gasteiger partial charge is 0.416 e. The van der Waals surface area contributed by atoms with Crippen LogP contribution in [0.5, 0.6) is 0 Å². The van der Waals surface area contributed by atoms with Crippen LogP contribution < -0.4 is 5.43 Å². The van der Waals surface area contributed by atoms with Gasteiger partial charge in [-0.2, -0.15) is 18.3 Å². The summed E-state index contributed by atoms with van der Waals surface area (Å²) in [7, 11) is 0. The van der Waals surface area contributed by atoms with Gasteiger partial charge in [-0.05, 0) is 42.2 Å². The van der Waals surface area contributed by atoms with Crippen LogP contribution in [-0.2, 0) is 6.18 Å². The Hall–Kier alpha value is -1.95. The molecule has 2 rings (SSSR count).